The summed E-state index contributed by atoms with van der Waals surface area (Å²) in [6, 6.07) is 5.96. The number of hydrogen-bond acceptors (Lipinski definition) is 4. The van der Waals surface area contributed by atoms with Crippen LogP contribution in [0.25, 0.3) is 0 Å². The van der Waals surface area contributed by atoms with Crippen LogP contribution in [0.15, 0.2) is 22.7 Å². The summed E-state index contributed by atoms with van der Waals surface area (Å²) in [6.45, 7) is 2.02. The first-order chi connectivity index (χ1) is 12.5. The van der Waals surface area contributed by atoms with Crippen LogP contribution < -0.4 is 10.6 Å². The lowest BCUT2D eigenvalue weighted by Gasteiger charge is -2.13. The lowest BCUT2D eigenvalue weighted by atomic mass is 10.1. The largest absolute Gasteiger partial charge is 0.465 e. The van der Waals surface area contributed by atoms with Gasteiger partial charge in [-0.15, -0.1) is 11.3 Å². The van der Waals surface area contributed by atoms with Crippen molar-refractivity contribution in [3.63, 3.8) is 0 Å². The van der Waals surface area contributed by atoms with Crippen molar-refractivity contribution in [3.05, 3.63) is 44.2 Å². The third-order valence-electron chi connectivity index (χ3n) is 4.47. The van der Waals surface area contributed by atoms with Gasteiger partial charge in [0.15, 0.2) is 5.11 Å². The lowest BCUT2D eigenvalue weighted by Crippen LogP contribution is -2.20. The summed E-state index contributed by atoms with van der Waals surface area (Å²) in [5.41, 5.74) is 3.79. The van der Waals surface area contributed by atoms with Crippen molar-refractivity contribution in [2.45, 2.75) is 39.0 Å². The third-order valence-corrected chi connectivity index (χ3v) is 6.38. The van der Waals surface area contributed by atoms with E-state index in [-0.39, 0.29) is 5.97 Å². The van der Waals surface area contributed by atoms with Gasteiger partial charge in [0, 0.05) is 15.0 Å². The molecule has 138 valence electrons. The maximum Gasteiger partial charge on any atom is 0.341 e. The van der Waals surface area contributed by atoms with E-state index in [9.17, 15) is 4.79 Å². The highest BCUT2D eigenvalue weighted by atomic mass is 79.9. The molecule has 1 aromatic heterocycles. The smallest absolute Gasteiger partial charge is 0.341 e. The van der Waals surface area contributed by atoms with Crippen molar-refractivity contribution in [1.29, 1.82) is 0 Å². The van der Waals surface area contributed by atoms with E-state index in [0.717, 1.165) is 52.0 Å². The number of methoxy groups -OCH3 is 1. The van der Waals surface area contributed by atoms with Crippen molar-refractivity contribution in [3.8, 4) is 0 Å². The molecule has 1 aliphatic carbocycles. The molecule has 1 heterocycles. The van der Waals surface area contributed by atoms with E-state index in [4.69, 9.17) is 17.0 Å². The molecule has 1 aliphatic rings. The fraction of sp³-hybridized carbons (Fsp3) is 0.368. The van der Waals surface area contributed by atoms with Gasteiger partial charge < -0.3 is 15.4 Å². The monoisotopic (exact) mass is 452 g/mol. The SMILES string of the molecule is COC(=O)c1c(NC(=S)Nc2ccc(Br)cc2C)sc2c1CCCCC2. The zero-order chi connectivity index (χ0) is 18.7. The highest BCUT2D eigenvalue weighted by molar-refractivity contribution is 9.10. The molecular formula is C19H21BrN2O2S2. The number of benzene rings is 1. The van der Waals surface area contributed by atoms with Crippen LogP contribution in [0.1, 0.15) is 45.6 Å². The molecule has 0 amide bonds. The van der Waals surface area contributed by atoms with E-state index in [2.05, 4.69) is 26.6 Å². The second-order valence-electron chi connectivity index (χ2n) is 6.30. The zero-order valence-corrected chi connectivity index (χ0v) is 18.0. The molecule has 0 fully saturated rings. The second-order valence-corrected chi connectivity index (χ2v) is 8.73. The normalized spacial score (nSPS) is 13.5. The number of ether oxygens (including phenoxy) is 1. The lowest BCUT2D eigenvalue weighted by molar-refractivity contribution is 0.0601. The molecular weight excluding hydrogens is 432 g/mol. The Morgan fingerprint density at radius 3 is 2.73 bits per heavy atom. The van der Waals surface area contributed by atoms with Crippen LogP contribution in [0.2, 0.25) is 0 Å². The number of fused-ring (bicyclic) bond motifs is 1. The molecule has 2 N–H and O–H groups in total. The van der Waals surface area contributed by atoms with Crippen LogP contribution in [0, 0.1) is 6.92 Å². The number of carbonyl (C=O) groups excluding carboxylic acids is 1. The maximum absolute atomic E-state index is 12.4. The Balaban J connectivity index is 1.84. The summed E-state index contributed by atoms with van der Waals surface area (Å²) < 4.78 is 6.06. The predicted octanol–water partition coefficient (Wildman–Crippen LogP) is 5.68. The van der Waals surface area contributed by atoms with E-state index in [0.29, 0.717) is 10.7 Å². The van der Waals surface area contributed by atoms with Crippen LogP contribution >= 0.6 is 39.5 Å². The second kappa shape index (κ2) is 8.50. The molecule has 4 nitrogen and oxygen atoms in total. The summed E-state index contributed by atoms with van der Waals surface area (Å²) >= 11 is 10.6. The van der Waals surface area contributed by atoms with Crippen molar-refractivity contribution >= 4 is 61.3 Å². The van der Waals surface area contributed by atoms with Gasteiger partial charge in [-0.1, -0.05) is 22.4 Å². The maximum atomic E-state index is 12.4. The third kappa shape index (κ3) is 4.27. The van der Waals surface area contributed by atoms with Crippen molar-refractivity contribution in [2.24, 2.45) is 0 Å². The fourth-order valence-electron chi connectivity index (χ4n) is 3.17. The highest BCUT2D eigenvalue weighted by Gasteiger charge is 2.25. The van der Waals surface area contributed by atoms with E-state index in [1.807, 2.05) is 25.1 Å². The number of esters is 1. The quantitative estimate of drug-likeness (QED) is 0.356. The van der Waals surface area contributed by atoms with E-state index in [1.165, 1.54) is 18.4 Å². The van der Waals surface area contributed by atoms with E-state index < -0.39 is 0 Å². The number of halogens is 1. The Labute approximate surface area is 171 Å². The average molecular weight is 453 g/mol. The Kier molecular flexibility index (Phi) is 6.32. The highest BCUT2D eigenvalue weighted by Crippen LogP contribution is 2.38. The molecule has 0 bridgehead atoms. The molecule has 7 heteroatoms. The minimum Gasteiger partial charge on any atom is -0.465 e. The summed E-state index contributed by atoms with van der Waals surface area (Å²) in [4.78, 5) is 13.7. The first kappa shape index (κ1) is 19.3. The molecule has 2 aromatic rings. The fourth-order valence-corrected chi connectivity index (χ4v) is 5.21. The number of nitrogens with one attached hydrogen (secondary N) is 2. The van der Waals surface area contributed by atoms with Crippen molar-refractivity contribution in [1.82, 2.24) is 0 Å². The van der Waals surface area contributed by atoms with Gasteiger partial charge in [0.2, 0.25) is 0 Å². The molecule has 0 saturated carbocycles. The molecule has 0 spiro atoms. The molecule has 0 aliphatic heterocycles. The molecule has 26 heavy (non-hydrogen) atoms. The molecule has 0 radical (unpaired) electrons. The predicted molar refractivity (Wildman–Crippen MR) is 116 cm³/mol. The van der Waals surface area contributed by atoms with E-state index >= 15 is 0 Å². The van der Waals surface area contributed by atoms with Gasteiger partial charge in [-0.05, 0) is 74.2 Å². The first-order valence-corrected chi connectivity index (χ1v) is 10.6. The van der Waals surface area contributed by atoms with E-state index in [1.54, 1.807) is 11.3 Å². The number of rotatable bonds is 3. The topological polar surface area (TPSA) is 50.4 Å². The standard InChI is InChI=1S/C19H21BrN2O2S2/c1-11-10-12(20)8-9-14(11)21-19(25)22-17-16(18(23)24-2)13-6-4-3-5-7-15(13)26-17/h8-10H,3-7H2,1-2H3,(H2,21,22,25). The van der Waals surface area contributed by atoms with Crippen molar-refractivity contribution < 1.29 is 9.53 Å². The summed E-state index contributed by atoms with van der Waals surface area (Å²) in [7, 11) is 1.43. The number of anilines is 2. The average Bonchev–Trinajstić information content (AvgIpc) is 2.77. The first-order valence-electron chi connectivity index (χ1n) is 8.56. The molecule has 3 rings (SSSR count). The number of thiophene rings is 1. The molecule has 1 aromatic carbocycles. The summed E-state index contributed by atoms with van der Waals surface area (Å²) in [5.74, 6) is -0.297. The Morgan fingerprint density at radius 1 is 1.23 bits per heavy atom. The number of carbonyl (C=O) groups is 1. The number of hydrogen-bond donors (Lipinski definition) is 2. The van der Waals surface area contributed by atoms with Crippen LogP contribution in [-0.2, 0) is 17.6 Å². The summed E-state index contributed by atoms with van der Waals surface area (Å²) in [6.07, 6.45) is 5.40. The molecule has 0 unspecified atom stereocenters. The van der Waals surface area contributed by atoms with Gasteiger partial charge in [-0.3, -0.25) is 0 Å². The number of aryl methyl sites for hydroxylation is 2. The van der Waals surface area contributed by atoms with Crippen molar-refractivity contribution in [2.75, 3.05) is 17.7 Å². The molecule has 0 saturated heterocycles. The van der Waals surface area contributed by atoms with Gasteiger partial charge in [-0.25, -0.2) is 4.79 Å². The van der Waals surface area contributed by atoms with Crippen LogP contribution in [0.4, 0.5) is 10.7 Å². The summed E-state index contributed by atoms with van der Waals surface area (Å²) in [5, 5.41) is 7.68. The Bertz CT molecular complexity index is 848. The van der Waals surface area contributed by atoms with Gasteiger partial charge >= 0.3 is 5.97 Å². The van der Waals surface area contributed by atoms with Gasteiger partial charge in [-0.2, -0.15) is 0 Å². The molecule has 0 atom stereocenters. The van der Waals surface area contributed by atoms with Gasteiger partial charge in [0.25, 0.3) is 0 Å². The van der Waals surface area contributed by atoms with Gasteiger partial charge in [0.1, 0.15) is 5.00 Å². The van der Waals surface area contributed by atoms with Crippen LogP contribution in [-0.4, -0.2) is 18.2 Å². The minimum absolute atomic E-state index is 0.297. The Morgan fingerprint density at radius 2 is 2.00 bits per heavy atom. The van der Waals surface area contributed by atoms with Crippen LogP contribution in [0.3, 0.4) is 0 Å². The minimum atomic E-state index is -0.297. The number of thiocarbonyl (C=S) groups is 1. The van der Waals surface area contributed by atoms with Gasteiger partial charge in [0.05, 0.1) is 12.7 Å². The Hall–Kier alpha value is -1.44. The zero-order valence-electron chi connectivity index (χ0n) is 14.8. The van der Waals surface area contributed by atoms with Crippen LogP contribution in [0.5, 0.6) is 0 Å².